The standard InChI is InChI=1S/C20H31B2O4.3C4H9.Sn/c1-17(2)18(3,4)24-21(23-17)14-13-15-9-11-16(12-10-15)22-25-19(5,6)20(7,8)26-22;3*1-3-4-2;/h9-13H,14H2,1-8H3;3*1,3-4H2,2H3;. The van der Waals surface area contributed by atoms with Gasteiger partial charge in [-0.05, 0) is 0 Å². The minimum absolute atomic E-state index is 0.149. The molecular weight excluding hydrogens is 589 g/mol. The van der Waals surface area contributed by atoms with Crippen LogP contribution in [0.15, 0.2) is 24.3 Å². The van der Waals surface area contributed by atoms with Crippen molar-refractivity contribution in [3.05, 3.63) is 29.8 Å². The Hall–Kier alpha value is -0.0114. The number of benzene rings is 1. The van der Waals surface area contributed by atoms with E-state index < -0.39 is 18.4 Å². The molecule has 1 unspecified atom stereocenters. The monoisotopic (exact) mass is 648 g/mol. The van der Waals surface area contributed by atoms with Gasteiger partial charge in [0.15, 0.2) is 0 Å². The molecule has 39 heavy (non-hydrogen) atoms. The summed E-state index contributed by atoms with van der Waals surface area (Å²) in [6, 6.07) is 9.33. The molecular formula is C32H58B2O4Sn. The third kappa shape index (κ3) is 7.50. The van der Waals surface area contributed by atoms with Crippen LogP contribution >= 0.6 is 0 Å². The van der Waals surface area contributed by atoms with Crippen LogP contribution in [0.25, 0.3) is 0 Å². The van der Waals surface area contributed by atoms with Crippen LogP contribution in [0.2, 0.25) is 19.6 Å². The second kappa shape index (κ2) is 13.1. The van der Waals surface area contributed by atoms with Gasteiger partial charge in [0.05, 0.1) is 0 Å². The van der Waals surface area contributed by atoms with Gasteiger partial charge in [-0.2, -0.15) is 0 Å². The van der Waals surface area contributed by atoms with Crippen LogP contribution in [0.1, 0.15) is 124 Å². The summed E-state index contributed by atoms with van der Waals surface area (Å²) in [6.07, 6.45) is 8.89. The summed E-state index contributed by atoms with van der Waals surface area (Å²) in [6.45, 7) is 24.3. The first-order chi connectivity index (χ1) is 18.1. The summed E-state index contributed by atoms with van der Waals surface area (Å²) in [5, 5.41) is 0. The molecule has 2 fully saturated rings. The second-order valence-corrected chi connectivity index (χ2v) is 28.4. The SMILES string of the molecule is CCC[CH2][Sn]([CH2]CCC)([CH2]CCC)[CH](CB1OC(C)(C)C(C)(C)O1)c1ccc(B2OC(C)(C)C(C)(C)O2)cc1. The molecule has 1 atom stereocenters. The first-order valence-electron chi connectivity index (χ1n) is 15.9. The molecule has 0 saturated carbocycles. The summed E-state index contributed by atoms with van der Waals surface area (Å²) in [7, 11) is -0.470. The van der Waals surface area contributed by atoms with E-state index in [0.717, 1.165) is 11.8 Å². The van der Waals surface area contributed by atoms with Crippen molar-refractivity contribution in [3.8, 4) is 0 Å². The summed E-state index contributed by atoms with van der Waals surface area (Å²) >= 11 is -2.70. The second-order valence-electron chi connectivity index (χ2n) is 14.4. The maximum absolute atomic E-state index is 6.65. The number of hydrogen-bond donors (Lipinski definition) is 0. The van der Waals surface area contributed by atoms with Crippen molar-refractivity contribution in [3.63, 3.8) is 0 Å². The molecule has 1 aromatic carbocycles. The molecule has 2 aliphatic heterocycles. The quantitative estimate of drug-likeness (QED) is 0.190. The van der Waals surface area contributed by atoms with Crippen molar-refractivity contribution in [2.24, 2.45) is 0 Å². The van der Waals surface area contributed by atoms with Crippen LogP contribution in [0.4, 0.5) is 0 Å². The third-order valence-electron chi connectivity index (χ3n) is 10.4. The Labute approximate surface area is 246 Å². The van der Waals surface area contributed by atoms with Gasteiger partial charge in [0.25, 0.3) is 0 Å². The van der Waals surface area contributed by atoms with Gasteiger partial charge in [0.2, 0.25) is 0 Å². The average Bonchev–Trinajstić information content (AvgIpc) is 3.21. The van der Waals surface area contributed by atoms with Gasteiger partial charge in [-0.15, -0.1) is 0 Å². The van der Waals surface area contributed by atoms with Crippen LogP contribution in [0.5, 0.6) is 0 Å². The van der Waals surface area contributed by atoms with E-state index in [1.54, 1.807) is 0 Å². The topological polar surface area (TPSA) is 36.9 Å². The Balaban J connectivity index is 2.00. The molecule has 0 radical (unpaired) electrons. The average molecular weight is 647 g/mol. The summed E-state index contributed by atoms with van der Waals surface area (Å²) < 4.78 is 31.0. The van der Waals surface area contributed by atoms with E-state index in [1.165, 1.54) is 57.4 Å². The number of rotatable bonds is 14. The molecule has 0 spiro atoms. The van der Waals surface area contributed by atoms with E-state index in [0.29, 0.717) is 3.93 Å². The van der Waals surface area contributed by atoms with Gasteiger partial charge < -0.3 is 0 Å². The van der Waals surface area contributed by atoms with Crippen molar-refractivity contribution in [2.75, 3.05) is 0 Å². The van der Waals surface area contributed by atoms with E-state index in [1.807, 2.05) is 0 Å². The van der Waals surface area contributed by atoms with E-state index in [4.69, 9.17) is 18.6 Å². The Kier molecular flexibility index (Phi) is 11.2. The molecule has 3 rings (SSSR count). The minimum atomic E-state index is -2.70. The molecule has 0 aliphatic carbocycles. The summed E-state index contributed by atoms with van der Waals surface area (Å²) in [4.78, 5) is 0. The van der Waals surface area contributed by atoms with E-state index in [2.05, 4.69) is 100 Å². The van der Waals surface area contributed by atoms with Crippen LogP contribution in [-0.4, -0.2) is 55.0 Å². The van der Waals surface area contributed by atoms with E-state index >= 15 is 0 Å². The fourth-order valence-corrected chi connectivity index (χ4v) is 25.1. The van der Waals surface area contributed by atoms with Crippen LogP contribution in [-0.2, 0) is 18.6 Å². The van der Waals surface area contributed by atoms with Gasteiger partial charge in [-0.25, -0.2) is 0 Å². The normalized spacial score (nSPS) is 22.4. The predicted octanol–water partition coefficient (Wildman–Crippen LogP) is 8.55. The van der Waals surface area contributed by atoms with Crippen molar-refractivity contribution in [1.29, 1.82) is 0 Å². The molecule has 0 amide bonds. The van der Waals surface area contributed by atoms with E-state index in [-0.39, 0.29) is 36.6 Å². The molecule has 2 heterocycles. The van der Waals surface area contributed by atoms with Crippen molar-refractivity contribution < 1.29 is 18.6 Å². The molecule has 220 valence electrons. The Morgan fingerprint density at radius 1 is 0.615 bits per heavy atom. The van der Waals surface area contributed by atoms with Gasteiger partial charge in [-0.1, -0.05) is 0 Å². The van der Waals surface area contributed by atoms with Gasteiger partial charge in [0, 0.05) is 0 Å². The van der Waals surface area contributed by atoms with Crippen molar-refractivity contribution in [2.45, 2.75) is 161 Å². The first-order valence-corrected chi connectivity index (χ1v) is 23.6. The first kappa shape index (κ1) is 33.5. The molecule has 2 saturated heterocycles. The van der Waals surface area contributed by atoms with Crippen molar-refractivity contribution >= 4 is 38.1 Å². The summed E-state index contributed by atoms with van der Waals surface area (Å²) in [5.74, 6) is 0. The zero-order valence-electron chi connectivity index (χ0n) is 27.2. The van der Waals surface area contributed by atoms with Crippen LogP contribution < -0.4 is 5.46 Å². The van der Waals surface area contributed by atoms with Crippen LogP contribution in [0, 0.1) is 0 Å². The van der Waals surface area contributed by atoms with Crippen molar-refractivity contribution in [1.82, 2.24) is 0 Å². The summed E-state index contributed by atoms with van der Waals surface area (Å²) in [5.41, 5.74) is 1.35. The van der Waals surface area contributed by atoms with Gasteiger partial charge in [-0.3, -0.25) is 0 Å². The molecule has 2 aliphatic rings. The van der Waals surface area contributed by atoms with Gasteiger partial charge >= 0.3 is 247 Å². The molecule has 4 nitrogen and oxygen atoms in total. The number of unbranched alkanes of at least 4 members (excludes halogenated alkanes) is 3. The fourth-order valence-electron chi connectivity index (χ4n) is 6.34. The predicted molar refractivity (Wildman–Crippen MR) is 171 cm³/mol. The molecule has 0 N–H and O–H groups in total. The molecule has 0 aromatic heterocycles. The van der Waals surface area contributed by atoms with Gasteiger partial charge in [0.1, 0.15) is 0 Å². The van der Waals surface area contributed by atoms with E-state index in [9.17, 15) is 0 Å². The Morgan fingerprint density at radius 3 is 1.38 bits per heavy atom. The molecule has 0 bridgehead atoms. The fraction of sp³-hybridized carbons (Fsp3) is 0.812. The third-order valence-corrected chi connectivity index (χ3v) is 27.8. The Morgan fingerprint density at radius 2 is 1.00 bits per heavy atom. The molecule has 1 aromatic rings. The maximum atomic E-state index is 6.65. The van der Waals surface area contributed by atoms with Crippen LogP contribution in [0.3, 0.4) is 0 Å². The number of hydrogen-bond acceptors (Lipinski definition) is 4. The zero-order valence-corrected chi connectivity index (χ0v) is 30.1. The zero-order chi connectivity index (χ0) is 29.1. The Bertz CT molecular complexity index is 861. The molecule has 7 heteroatoms.